The van der Waals surface area contributed by atoms with Crippen LogP contribution in [0.3, 0.4) is 0 Å². The Hall–Kier alpha value is -1.11. The standard InChI is InChI=1S/C14H21ClN4O2/c15-13-9-16-19(10-13)11-17-3-1-12(2-4-17)14(20)18-5-7-21-8-6-18/h9-10,12H,1-8,11H2. The van der Waals surface area contributed by atoms with Crippen molar-refractivity contribution in [1.82, 2.24) is 19.6 Å². The topological polar surface area (TPSA) is 50.6 Å². The van der Waals surface area contributed by atoms with Gasteiger partial charge in [0.25, 0.3) is 0 Å². The number of carbonyl (C=O) groups is 1. The van der Waals surface area contributed by atoms with E-state index < -0.39 is 0 Å². The van der Waals surface area contributed by atoms with Gasteiger partial charge in [-0.25, -0.2) is 0 Å². The summed E-state index contributed by atoms with van der Waals surface area (Å²) in [4.78, 5) is 16.7. The Labute approximate surface area is 129 Å². The van der Waals surface area contributed by atoms with E-state index in [1.807, 2.05) is 15.8 Å². The van der Waals surface area contributed by atoms with Crippen molar-refractivity contribution in [3.05, 3.63) is 17.4 Å². The molecule has 0 radical (unpaired) electrons. The number of amides is 1. The van der Waals surface area contributed by atoms with Gasteiger partial charge < -0.3 is 9.64 Å². The van der Waals surface area contributed by atoms with Crippen LogP contribution in [0.25, 0.3) is 0 Å². The molecule has 3 heterocycles. The molecule has 1 aromatic heterocycles. The molecule has 7 heteroatoms. The molecule has 21 heavy (non-hydrogen) atoms. The number of halogens is 1. The SMILES string of the molecule is O=C(C1CCN(Cn2cc(Cl)cn2)CC1)N1CCOCC1. The maximum atomic E-state index is 12.4. The lowest BCUT2D eigenvalue weighted by Crippen LogP contribution is -2.46. The average Bonchev–Trinajstić information content (AvgIpc) is 2.93. The third-order valence-electron chi connectivity index (χ3n) is 4.21. The highest BCUT2D eigenvalue weighted by Crippen LogP contribution is 2.21. The summed E-state index contributed by atoms with van der Waals surface area (Å²) < 4.78 is 7.14. The van der Waals surface area contributed by atoms with E-state index >= 15 is 0 Å². The molecule has 0 spiro atoms. The van der Waals surface area contributed by atoms with Gasteiger partial charge in [-0.05, 0) is 12.8 Å². The number of hydrogen-bond donors (Lipinski definition) is 0. The molecule has 2 fully saturated rings. The molecule has 0 N–H and O–H groups in total. The minimum absolute atomic E-state index is 0.167. The minimum Gasteiger partial charge on any atom is -0.378 e. The van der Waals surface area contributed by atoms with Crippen molar-refractivity contribution in [1.29, 1.82) is 0 Å². The number of ether oxygens (including phenoxy) is 1. The quantitative estimate of drug-likeness (QED) is 0.837. The molecule has 2 aliphatic rings. The van der Waals surface area contributed by atoms with Crippen LogP contribution in [-0.4, -0.2) is 64.9 Å². The van der Waals surface area contributed by atoms with Gasteiger partial charge in [-0.3, -0.25) is 14.4 Å². The maximum absolute atomic E-state index is 12.4. The van der Waals surface area contributed by atoms with Gasteiger partial charge in [0.1, 0.15) is 0 Å². The molecule has 116 valence electrons. The van der Waals surface area contributed by atoms with Gasteiger partial charge in [0.2, 0.25) is 5.91 Å². The number of piperidine rings is 1. The average molecular weight is 313 g/mol. The second-order valence-corrected chi connectivity index (χ2v) is 6.11. The lowest BCUT2D eigenvalue weighted by molar-refractivity contribution is -0.141. The second kappa shape index (κ2) is 6.77. The number of hydrogen-bond acceptors (Lipinski definition) is 4. The van der Waals surface area contributed by atoms with Crippen molar-refractivity contribution < 1.29 is 9.53 Å². The van der Waals surface area contributed by atoms with Crippen LogP contribution in [-0.2, 0) is 16.2 Å². The molecule has 1 aromatic rings. The Kier molecular flexibility index (Phi) is 4.77. The molecule has 0 aromatic carbocycles. The predicted octanol–water partition coefficient (Wildman–Crippen LogP) is 1.06. The first-order chi connectivity index (χ1) is 10.2. The third kappa shape index (κ3) is 3.75. The molecule has 2 saturated heterocycles. The number of morpholine rings is 1. The van der Waals surface area contributed by atoms with Gasteiger partial charge in [0.05, 0.1) is 31.1 Å². The van der Waals surface area contributed by atoms with E-state index in [9.17, 15) is 4.79 Å². The summed E-state index contributed by atoms with van der Waals surface area (Å²) in [7, 11) is 0. The molecule has 3 rings (SSSR count). The van der Waals surface area contributed by atoms with Crippen molar-refractivity contribution in [3.8, 4) is 0 Å². The van der Waals surface area contributed by atoms with E-state index in [0.717, 1.165) is 45.7 Å². The summed E-state index contributed by atoms with van der Waals surface area (Å²) in [5.41, 5.74) is 0. The van der Waals surface area contributed by atoms with Crippen LogP contribution in [0.4, 0.5) is 0 Å². The summed E-state index contributed by atoms with van der Waals surface area (Å²) in [5.74, 6) is 0.473. The zero-order valence-electron chi connectivity index (χ0n) is 12.1. The van der Waals surface area contributed by atoms with E-state index in [0.29, 0.717) is 24.1 Å². The van der Waals surface area contributed by atoms with E-state index in [-0.39, 0.29) is 5.92 Å². The molecular formula is C14H21ClN4O2. The van der Waals surface area contributed by atoms with Crippen molar-refractivity contribution in [2.75, 3.05) is 39.4 Å². The van der Waals surface area contributed by atoms with E-state index in [4.69, 9.17) is 16.3 Å². The van der Waals surface area contributed by atoms with Crippen LogP contribution in [0.2, 0.25) is 5.02 Å². The predicted molar refractivity (Wildman–Crippen MR) is 78.9 cm³/mol. The summed E-state index contributed by atoms with van der Waals surface area (Å²) in [6, 6.07) is 0. The van der Waals surface area contributed by atoms with Crippen molar-refractivity contribution in [2.24, 2.45) is 5.92 Å². The highest BCUT2D eigenvalue weighted by atomic mass is 35.5. The lowest BCUT2D eigenvalue weighted by Gasteiger charge is -2.35. The Balaban J connectivity index is 1.47. The number of rotatable bonds is 3. The molecule has 0 saturated carbocycles. The van der Waals surface area contributed by atoms with E-state index in [1.165, 1.54) is 0 Å². The number of carbonyl (C=O) groups excluding carboxylic acids is 1. The van der Waals surface area contributed by atoms with Gasteiger partial charge in [0.15, 0.2) is 0 Å². The van der Waals surface area contributed by atoms with Crippen LogP contribution in [0.5, 0.6) is 0 Å². The Morgan fingerprint density at radius 1 is 1.29 bits per heavy atom. The first-order valence-corrected chi connectivity index (χ1v) is 7.87. The first-order valence-electron chi connectivity index (χ1n) is 7.49. The zero-order chi connectivity index (χ0) is 14.7. The molecule has 2 aliphatic heterocycles. The fourth-order valence-corrected chi connectivity index (χ4v) is 3.14. The highest BCUT2D eigenvalue weighted by molar-refractivity contribution is 6.30. The van der Waals surface area contributed by atoms with Crippen LogP contribution in [0.15, 0.2) is 12.4 Å². The number of likely N-dealkylation sites (tertiary alicyclic amines) is 1. The number of nitrogens with zero attached hydrogens (tertiary/aromatic N) is 4. The minimum atomic E-state index is 0.167. The Morgan fingerprint density at radius 3 is 2.62 bits per heavy atom. The Morgan fingerprint density at radius 2 is 2.00 bits per heavy atom. The monoisotopic (exact) mass is 312 g/mol. The van der Waals surface area contributed by atoms with Crippen molar-refractivity contribution in [2.45, 2.75) is 19.5 Å². The van der Waals surface area contributed by atoms with Crippen LogP contribution in [0.1, 0.15) is 12.8 Å². The first kappa shape index (κ1) is 14.8. The molecule has 0 aliphatic carbocycles. The van der Waals surface area contributed by atoms with E-state index in [1.54, 1.807) is 6.20 Å². The van der Waals surface area contributed by atoms with Gasteiger partial charge in [-0.1, -0.05) is 11.6 Å². The van der Waals surface area contributed by atoms with Crippen LogP contribution < -0.4 is 0 Å². The third-order valence-corrected chi connectivity index (χ3v) is 4.40. The summed E-state index contributed by atoms with van der Waals surface area (Å²) in [6.45, 7) is 5.42. The highest BCUT2D eigenvalue weighted by Gasteiger charge is 2.29. The van der Waals surface area contributed by atoms with Gasteiger partial charge >= 0.3 is 0 Å². The molecule has 0 bridgehead atoms. The van der Waals surface area contributed by atoms with Crippen molar-refractivity contribution >= 4 is 17.5 Å². The zero-order valence-corrected chi connectivity index (χ0v) is 12.8. The van der Waals surface area contributed by atoms with Gasteiger partial charge in [-0.15, -0.1) is 0 Å². The van der Waals surface area contributed by atoms with Gasteiger partial charge in [-0.2, -0.15) is 5.10 Å². The normalized spacial score (nSPS) is 21.7. The van der Waals surface area contributed by atoms with E-state index in [2.05, 4.69) is 10.00 Å². The van der Waals surface area contributed by atoms with Gasteiger partial charge in [0, 0.05) is 38.3 Å². The lowest BCUT2D eigenvalue weighted by atomic mass is 9.95. The molecular weight excluding hydrogens is 292 g/mol. The maximum Gasteiger partial charge on any atom is 0.225 e. The molecule has 0 atom stereocenters. The summed E-state index contributed by atoms with van der Waals surface area (Å²) in [6.07, 6.45) is 5.32. The number of aromatic nitrogens is 2. The Bertz CT molecular complexity index is 479. The smallest absolute Gasteiger partial charge is 0.225 e. The van der Waals surface area contributed by atoms with Crippen molar-refractivity contribution in [3.63, 3.8) is 0 Å². The largest absolute Gasteiger partial charge is 0.378 e. The molecule has 6 nitrogen and oxygen atoms in total. The molecule has 1 amide bonds. The fraction of sp³-hybridized carbons (Fsp3) is 0.714. The van der Waals surface area contributed by atoms with Crippen LogP contribution >= 0.6 is 11.6 Å². The molecule has 0 unspecified atom stereocenters. The fourth-order valence-electron chi connectivity index (χ4n) is 2.98. The second-order valence-electron chi connectivity index (χ2n) is 5.67. The summed E-state index contributed by atoms with van der Waals surface area (Å²) in [5, 5.41) is 4.85. The summed E-state index contributed by atoms with van der Waals surface area (Å²) >= 11 is 5.87. The van der Waals surface area contributed by atoms with Crippen LogP contribution in [0, 0.1) is 5.92 Å².